The fourth-order valence-corrected chi connectivity index (χ4v) is 1.36. The number of pyridine rings is 1. The third-order valence-corrected chi connectivity index (χ3v) is 2.01. The van der Waals surface area contributed by atoms with Crippen molar-refractivity contribution in [1.82, 2.24) is 9.38 Å². The first-order chi connectivity index (χ1) is 5.79. The van der Waals surface area contributed by atoms with Gasteiger partial charge in [0.1, 0.15) is 11.8 Å². The van der Waals surface area contributed by atoms with E-state index in [1.807, 2.05) is 22.9 Å². The van der Waals surface area contributed by atoms with Crippen LogP contribution in [0.1, 0.15) is 25.3 Å². The lowest BCUT2D eigenvalue weighted by Gasteiger charge is -2.05. The molecular formula is C10H11N2. The molecule has 0 atom stereocenters. The average molecular weight is 159 g/mol. The minimum absolute atomic E-state index is 0.518. The Kier molecular flexibility index (Phi) is 1.61. The highest BCUT2D eigenvalue weighted by Gasteiger charge is 2.04. The quantitative estimate of drug-likeness (QED) is 0.623. The molecule has 0 unspecified atom stereocenters. The van der Waals surface area contributed by atoms with Gasteiger partial charge in [0.15, 0.2) is 0 Å². The van der Waals surface area contributed by atoms with E-state index in [9.17, 15) is 0 Å². The highest BCUT2D eigenvalue weighted by atomic mass is 15.0. The van der Waals surface area contributed by atoms with Crippen LogP contribution in [0.5, 0.6) is 0 Å². The molecule has 0 aromatic carbocycles. The maximum absolute atomic E-state index is 4.18. The van der Waals surface area contributed by atoms with Gasteiger partial charge in [0.2, 0.25) is 0 Å². The summed E-state index contributed by atoms with van der Waals surface area (Å²) in [6.07, 6.45) is 6.69. The standard InChI is InChI=1S/C10H11N2/c1-8(2)9-4-3-6-12-7-5-11-10(9)12/h3-4,6-8H,1-2H3. The van der Waals surface area contributed by atoms with Gasteiger partial charge in [0.25, 0.3) is 0 Å². The summed E-state index contributed by atoms with van der Waals surface area (Å²) in [6.45, 7) is 4.34. The highest BCUT2D eigenvalue weighted by molar-refractivity contribution is 5.48. The van der Waals surface area contributed by atoms with Gasteiger partial charge in [0, 0.05) is 12.4 Å². The van der Waals surface area contributed by atoms with E-state index in [0.717, 1.165) is 5.65 Å². The third kappa shape index (κ3) is 0.998. The molecule has 2 rings (SSSR count). The van der Waals surface area contributed by atoms with Crippen LogP contribution in [0.4, 0.5) is 0 Å². The van der Waals surface area contributed by atoms with Crippen molar-refractivity contribution in [3.05, 3.63) is 36.3 Å². The van der Waals surface area contributed by atoms with Gasteiger partial charge in [-0.05, 0) is 17.5 Å². The van der Waals surface area contributed by atoms with E-state index < -0.39 is 0 Å². The molecule has 2 nitrogen and oxygen atoms in total. The zero-order chi connectivity index (χ0) is 8.55. The molecule has 61 valence electrons. The fraction of sp³-hybridized carbons (Fsp3) is 0.300. The summed E-state index contributed by atoms with van der Waals surface area (Å²) in [5.41, 5.74) is 2.30. The zero-order valence-corrected chi connectivity index (χ0v) is 7.28. The Bertz CT molecular complexity index is 387. The molecule has 0 saturated carbocycles. The summed E-state index contributed by atoms with van der Waals surface area (Å²) in [7, 11) is 0. The lowest BCUT2D eigenvalue weighted by atomic mass is 10.1. The van der Waals surface area contributed by atoms with E-state index in [-0.39, 0.29) is 0 Å². The summed E-state index contributed by atoms with van der Waals surface area (Å²) in [4.78, 5) is 4.18. The van der Waals surface area contributed by atoms with Crippen LogP contribution in [-0.2, 0) is 0 Å². The maximum atomic E-state index is 4.18. The van der Waals surface area contributed by atoms with Gasteiger partial charge in [0.05, 0.1) is 0 Å². The van der Waals surface area contributed by atoms with Gasteiger partial charge in [-0.25, -0.2) is 4.98 Å². The van der Waals surface area contributed by atoms with E-state index >= 15 is 0 Å². The van der Waals surface area contributed by atoms with Crippen LogP contribution >= 0.6 is 0 Å². The van der Waals surface area contributed by atoms with Crippen LogP contribution in [0.15, 0.2) is 24.5 Å². The van der Waals surface area contributed by atoms with E-state index in [1.54, 1.807) is 0 Å². The van der Waals surface area contributed by atoms with Crippen molar-refractivity contribution < 1.29 is 0 Å². The Balaban J connectivity index is 2.73. The molecule has 2 aromatic rings. The molecule has 0 fully saturated rings. The number of rotatable bonds is 1. The van der Waals surface area contributed by atoms with Crippen LogP contribution in [-0.4, -0.2) is 9.38 Å². The molecule has 0 amide bonds. The summed E-state index contributed by atoms with van der Waals surface area (Å²) >= 11 is 0. The fourth-order valence-electron chi connectivity index (χ4n) is 1.36. The zero-order valence-electron chi connectivity index (χ0n) is 7.28. The van der Waals surface area contributed by atoms with Crippen molar-refractivity contribution in [2.75, 3.05) is 0 Å². The molecule has 0 aliphatic carbocycles. The Morgan fingerprint density at radius 2 is 2.33 bits per heavy atom. The number of fused-ring (bicyclic) bond motifs is 1. The molecule has 2 aromatic heterocycles. The van der Waals surface area contributed by atoms with Crippen molar-refractivity contribution in [1.29, 1.82) is 0 Å². The first-order valence-electron chi connectivity index (χ1n) is 4.12. The number of hydrogen-bond donors (Lipinski definition) is 0. The van der Waals surface area contributed by atoms with Gasteiger partial charge in [-0.1, -0.05) is 19.9 Å². The number of aromatic nitrogens is 2. The largest absolute Gasteiger partial charge is 0.306 e. The Morgan fingerprint density at radius 3 is 3.08 bits per heavy atom. The van der Waals surface area contributed by atoms with Gasteiger partial charge in [-0.15, -0.1) is 0 Å². The molecule has 2 heterocycles. The van der Waals surface area contributed by atoms with Gasteiger partial charge >= 0.3 is 0 Å². The normalized spacial score (nSPS) is 11.2. The van der Waals surface area contributed by atoms with Gasteiger partial charge < -0.3 is 4.40 Å². The third-order valence-electron chi connectivity index (χ3n) is 2.01. The van der Waals surface area contributed by atoms with Crippen molar-refractivity contribution in [3.8, 4) is 0 Å². The van der Waals surface area contributed by atoms with Crippen molar-refractivity contribution >= 4 is 5.65 Å². The summed E-state index contributed by atoms with van der Waals surface area (Å²) in [5, 5.41) is 0. The van der Waals surface area contributed by atoms with Crippen LogP contribution in [0, 0.1) is 6.20 Å². The van der Waals surface area contributed by atoms with Crippen LogP contribution in [0.2, 0.25) is 0 Å². The topological polar surface area (TPSA) is 17.3 Å². The Morgan fingerprint density at radius 1 is 1.50 bits per heavy atom. The second kappa shape index (κ2) is 2.63. The lowest BCUT2D eigenvalue weighted by molar-refractivity contribution is 0.863. The molecule has 0 spiro atoms. The predicted octanol–water partition coefficient (Wildman–Crippen LogP) is 2.26. The lowest BCUT2D eigenvalue weighted by Crippen LogP contribution is -1.92. The van der Waals surface area contributed by atoms with Crippen LogP contribution < -0.4 is 0 Å². The number of imidazole rings is 1. The molecule has 0 bridgehead atoms. The average Bonchev–Trinajstić information content (AvgIpc) is 2.49. The SMILES string of the molecule is CC(C)c1cccn2c[c]nc12. The minimum Gasteiger partial charge on any atom is -0.306 e. The molecule has 12 heavy (non-hydrogen) atoms. The molecular weight excluding hydrogens is 148 g/mol. The van der Waals surface area contributed by atoms with E-state index in [4.69, 9.17) is 0 Å². The van der Waals surface area contributed by atoms with Crippen LogP contribution in [0.25, 0.3) is 5.65 Å². The summed E-state index contributed by atoms with van der Waals surface area (Å²) < 4.78 is 2.00. The van der Waals surface area contributed by atoms with Crippen molar-refractivity contribution in [2.24, 2.45) is 0 Å². The highest BCUT2D eigenvalue weighted by Crippen LogP contribution is 2.17. The number of nitrogens with zero attached hydrogens (tertiary/aromatic N) is 2. The summed E-state index contributed by atoms with van der Waals surface area (Å²) in [5.74, 6) is 0.518. The van der Waals surface area contributed by atoms with E-state index in [0.29, 0.717) is 5.92 Å². The van der Waals surface area contributed by atoms with Crippen molar-refractivity contribution in [2.45, 2.75) is 19.8 Å². The second-order valence-electron chi connectivity index (χ2n) is 3.22. The molecule has 0 aliphatic heterocycles. The minimum atomic E-state index is 0.518. The Hall–Kier alpha value is -1.31. The molecule has 0 saturated heterocycles. The molecule has 0 aliphatic rings. The molecule has 0 N–H and O–H groups in total. The van der Waals surface area contributed by atoms with E-state index in [2.05, 4.69) is 31.1 Å². The van der Waals surface area contributed by atoms with Gasteiger partial charge in [-0.3, -0.25) is 0 Å². The summed E-state index contributed by atoms with van der Waals surface area (Å²) in [6, 6.07) is 4.15. The van der Waals surface area contributed by atoms with E-state index in [1.165, 1.54) is 5.56 Å². The monoisotopic (exact) mass is 159 g/mol. The van der Waals surface area contributed by atoms with Crippen LogP contribution in [0.3, 0.4) is 0 Å². The number of hydrogen-bond acceptors (Lipinski definition) is 1. The molecule has 1 radical (unpaired) electrons. The first-order valence-corrected chi connectivity index (χ1v) is 4.12. The smallest absolute Gasteiger partial charge is 0.140 e. The van der Waals surface area contributed by atoms with Crippen molar-refractivity contribution in [3.63, 3.8) is 0 Å². The maximum Gasteiger partial charge on any atom is 0.140 e. The Labute approximate surface area is 71.9 Å². The predicted molar refractivity (Wildman–Crippen MR) is 48.1 cm³/mol. The second-order valence-corrected chi connectivity index (χ2v) is 3.22. The molecule has 2 heteroatoms. The first kappa shape index (κ1) is 7.35. The van der Waals surface area contributed by atoms with Gasteiger partial charge in [-0.2, -0.15) is 0 Å².